The molecule has 2 N–H and O–H groups in total. The van der Waals surface area contributed by atoms with Crippen molar-refractivity contribution in [3.05, 3.63) is 18.2 Å². The molecule has 9 nitrogen and oxygen atoms in total. The van der Waals surface area contributed by atoms with E-state index < -0.39 is 10.0 Å². The number of anilines is 2. The molecule has 1 saturated heterocycles. The Bertz CT molecular complexity index is 818. The van der Waals surface area contributed by atoms with E-state index in [4.69, 9.17) is 4.74 Å². The lowest BCUT2D eigenvalue weighted by Crippen LogP contribution is -2.37. The zero-order valence-electron chi connectivity index (χ0n) is 17.2. The Kier molecular flexibility index (Phi) is 8.42. The second kappa shape index (κ2) is 10.6. The van der Waals surface area contributed by atoms with E-state index in [1.54, 1.807) is 26.0 Å². The van der Waals surface area contributed by atoms with Gasteiger partial charge >= 0.3 is 0 Å². The average Bonchev–Trinajstić information content (AvgIpc) is 2.69. The van der Waals surface area contributed by atoms with E-state index in [-0.39, 0.29) is 29.7 Å². The fourth-order valence-corrected chi connectivity index (χ4v) is 4.62. The highest BCUT2D eigenvalue weighted by molar-refractivity contribution is 7.89. The minimum absolute atomic E-state index is 0.0924. The number of hydrogen-bond donors (Lipinski definition) is 2. The Morgan fingerprint density at radius 1 is 1.17 bits per heavy atom. The highest BCUT2D eigenvalue weighted by atomic mass is 32.2. The van der Waals surface area contributed by atoms with Gasteiger partial charge in [-0.25, -0.2) is 8.42 Å². The molecule has 10 heteroatoms. The van der Waals surface area contributed by atoms with Gasteiger partial charge < -0.3 is 20.3 Å². The summed E-state index contributed by atoms with van der Waals surface area (Å²) in [5.41, 5.74) is 1.19. The van der Waals surface area contributed by atoms with Gasteiger partial charge in [0.25, 0.3) is 0 Å². The van der Waals surface area contributed by atoms with Gasteiger partial charge in [-0.2, -0.15) is 4.31 Å². The van der Waals surface area contributed by atoms with Gasteiger partial charge in [-0.15, -0.1) is 0 Å². The number of morpholine rings is 1. The summed E-state index contributed by atoms with van der Waals surface area (Å²) in [6, 6.07) is 4.81. The number of rotatable bonds is 9. The second-order valence-electron chi connectivity index (χ2n) is 6.65. The van der Waals surface area contributed by atoms with Crippen LogP contribution < -0.4 is 15.5 Å². The number of ether oxygens (including phenoxy) is 1. The third kappa shape index (κ3) is 6.15. The summed E-state index contributed by atoms with van der Waals surface area (Å²) < 4.78 is 32.6. The van der Waals surface area contributed by atoms with Crippen molar-refractivity contribution in [2.75, 3.05) is 56.2 Å². The summed E-state index contributed by atoms with van der Waals surface area (Å²) in [5, 5.41) is 5.39. The first-order valence-electron chi connectivity index (χ1n) is 9.80. The largest absolute Gasteiger partial charge is 0.378 e. The molecule has 0 atom stereocenters. The predicted molar refractivity (Wildman–Crippen MR) is 112 cm³/mol. The van der Waals surface area contributed by atoms with Crippen LogP contribution in [0.2, 0.25) is 0 Å². The molecule has 0 aromatic heterocycles. The molecule has 1 aromatic rings. The smallest absolute Gasteiger partial charge is 0.243 e. The van der Waals surface area contributed by atoms with Crippen molar-refractivity contribution in [1.29, 1.82) is 0 Å². The van der Waals surface area contributed by atoms with Crippen molar-refractivity contribution >= 4 is 33.2 Å². The second-order valence-corrected chi connectivity index (χ2v) is 8.59. The Balaban J connectivity index is 2.32. The van der Waals surface area contributed by atoms with Crippen LogP contribution in [0.1, 0.15) is 27.2 Å². The van der Waals surface area contributed by atoms with Crippen LogP contribution >= 0.6 is 0 Å². The van der Waals surface area contributed by atoms with Crippen molar-refractivity contribution in [2.45, 2.75) is 32.1 Å². The first-order valence-corrected chi connectivity index (χ1v) is 11.2. The van der Waals surface area contributed by atoms with E-state index in [1.165, 1.54) is 17.3 Å². The molecule has 2 rings (SSSR count). The molecule has 1 heterocycles. The van der Waals surface area contributed by atoms with Crippen molar-refractivity contribution in [3.8, 4) is 0 Å². The molecule has 0 aliphatic carbocycles. The van der Waals surface area contributed by atoms with Gasteiger partial charge in [0.15, 0.2) is 0 Å². The van der Waals surface area contributed by atoms with Crippen molar-refractivity contribution in [1.82, 2.24) is 9.62 Å². The molecule has 1 aliphatic rings. The van der Waals surface area contributed by atoms with Crippen molar-refractivity contribution in [2.24, 2.45) is 0 Å². The monoisotopic (exact) mass is 426 g/mol. The summed E-state index contributed by atoms with van der Waals surface area (Å²) in [5.74, 6) is -0.509. The van der Waals surface area contributed by atoms with Crippen molar-refractivity contribution < 1.29 is 22.7 Å². The van der Waals surface area contributed by atoms with Crippen LogP contribution in [0.4, 0.5) is 11.4 Å². The molecule has 0 saturated carbocycles. The molecule has 1 aliphatic heterocycles. The summed E-state index contributed by atoms with van der Waals surface area (Å²) in [6.45, 7) is 8.33. The van der Waals surface area contributed by atoms with E-state index in [2.05, 4.69) is 15.5 Å². The van der Waals surface area contributed by atoms with Crippen LogP contribution in [0.5, 0.6) is 0 Å². The quantitative estimate of drug-likeness (QED) is 0.610. The topological polar surface area (TPSA) is 108 Å². The number of benzene rings is 1. The standard InChI is InChI=1S/C19H30N4O5S/c1-4-23(5-2)29(26,27)16-6-7-18(22-10-12-28-13-11-22)17(14-16)21-19(25)8-9-20-15(3)24/h6-7,14H,4-5,8-13H2,1-3H3,(H,20,24)(H,21,25). The molecule has 29 heavy (non-hydrogen) atoms. The number of carbonyl (C=O) groups excluding carboxylic acids is 2. The number of nitrogens with one attached hydrogen (secondary N) is 2. The first-order chi connectivity index (χ1) is 13.8. The van der Waals surface area contributed by atoms with E-state index in [1.807, 2.05) is 0 Å². The first kappa shape index (κ1) is 23.1. The molecule has 2 amide bonds. The summed E-state index contributed by atoms with van der Waals surface area (Å²) in [4.78, 5) is 25.5. The molecule has 0 radical (unpaired) electrons. The third-order valence-electron chi connectivity index (χ3n) is 4.66. The Morgan fingerprint density at radius 3 is 2.41 bits per heavy atom. The van der Waals surface area contributed by atoms with Crippen LogP contribution in [0.15, 0.2) is 23.1 Å². The lowest BCUT2D eigenvalue weighted by atomic mass is 10.2. The number of sulfonamides is 1. The van der Waals surface area contributed by atoms with E-state index in [0.29, 0.717) is 45.1 Å². The zero-order chi connectivity index (χ0) is 21.4. The van der Waals surface area contributed by atoms with Crippen molar-refractivity contribution in [3.63, 3.8) is 0 Å². The van der Waals surface area contributed by atoms with Crippen LogP contribution in [-0.2, 0) is 24.3 Å². The van der Waals surface area contributed by atoms with Gasteiger partial charge in [0.1, 0.15) is 0 Å². The van der Waals surface area contributed by atoms with E-state index in [0.717, 1.165) is 5.69 Å². The number of hydrogen-bond acceptors (Lipinski definition) is 6. The Morgan fingerprint density at radius 2 is 1.83 bits per heavy atom. The molecule has 0 bridgehead atoms. The zero-order valence-corrected chi connectivity index (χ0v) is 18.0. The highest BCUT2D eigenvalue weighted by Crippen LogP contribution is 2.31. The SMILES string of the molecule is CCN(CC)S(=O)(=O)c1ccc(N2CCOCC2)c(NC(=O)CCNC(C)=O)c1. The third-order valence-corrected chi connectivity index (χ3v) is 6.71. The highest BCUT2D eigenvalue weighted by Gasteiger charge is 2.24. The van der Waals surface area contributed by atoms with Crippen LogP contribution in [0, 0.1) is 0 Å². The molecular formula is C19H30N4O5S. The van der Waals surface area contributed by atoms with E-state index >= 15 is 0 Å². The van der Waals surface area contributed by atoms with Crippen LogP contribution in [0.3, 0.4) is 0 Å². The predicted octanol–water partition coefficient (Wildman–Crippen LogP) is 1.02. The fraction of sp³-hybridized carbons (Fsp3) is 0.579. The molecular weight excluding hydrogens is 396 g/mol. The van der Waals surface area contributed by atoms with Gasteiger partial charge in [0.05, 0.1) is 29.5 Å². The summed E-state index contributed by atoms with van der Waals surface area (Å²) >= 11 is 0. The van der Waals surface area contributed by atoms with Gasteiger partial charge in [-0.3, -0.25) is 9.59 Å². The summed E-state index contributed by atoms with van der Waals surface area (Å²) in [7, 11) is -3.65. The minimum atomic E-state index is -3.65. The normalized spacial score (nSPS) is 14.7. The molecule has 162 valence electrons. The Hall–Kier alpha value is -2.17. The van der Waals surface area contributed by atoms with Gasteiger partial charge in [-0.05, 0) is 18.2 Å². The maximum Gasteiger partial charge on any atom is 0.243 e. The molecule has 0 spiro atoms. The Labute approximate surface area is 172 Å². The lowest BCUT2D eigenvalue weighted by Gasteiger charge is -2.31. The minimum Gasteiger partial charge on any atom is -0.378 e. The van der Waals surface area contributed by atoms with Crippen LogP contribution in [0.25, 0.3) is 0 Å². The maximum absolute atomic E-state index is 12.9. The average molecular weight is 427 g/mol. The molecule has 0 unspecified atom stereocenters. The van der Waals surface area contributed by atoms with E-state index in [9.17, 15) is 18.0 Å². The van der Waals surface area contributed by atoms with Gasteiger partial charge in [0, 0.05) is 46.1 Å². The number of amides is 2. The van der Waals surface area contributed by atoms with Gasteiger partial charge in [-0.1, -0.05) is 13.8 Å². The number of nitrogens with zero attached hydrogens (tertiary/aromatic N) is 2. The van der Waals surface area contributed by atoms with Gasteiger partial charge in [0.2, 0.25) is 21.8 Å². The fourth-order valence-electron chi connectivity index (χ4n) is 3.13. The molecule has 1 aromatic carbocycles. The summed E-state index contributed by atoms with van der Waals surface area (Å²) in [6.07, 6.45) is 0.0924. The number of carbonyl (C=O) groups is 2. The lowest BCUT2D eigenvalue weighted by molar-refractivity contribution is -0.119. The molecule has 1 fully saturated rings. The maximum atomic E-state index is 12.9. The van der Waals surface area contributed by atoms with Crippen LogP contribution in [-0.4, -0.2) is 70.5 Å².